The molecule has 16 heteroatoms. The summed E-state index contributed by atoms with van der Waals surface area (Å²) in [4.78, 5) is 31.2. The number of unbranched alkanes of at least 4 members (excludes halogenated alkanes) is 2. The van der Waals surface area contributed by atoms with Crippen LogP contribution in [-0.2, 0) is 14.4 Å². The maximum atomic E-state index is 12.0. The summed E-state index contributed by atoms with van der Waals surface area (Å²) in [5.74, 6) is -5.72. The van der Waals surface area contributed by atoms with E-state index in [4.69, 9.17) is 30.9 Å². The standard InChI is InChI=1S/C27H33N4OP.2C2HF3O2/c1-31(27(28)29)22-26(32)30-20-12-5-13-21-33(23-14-6-2-7-15-23,24-16-8-3-9-17-24)25-18-10-4-11-19-25;2*3-2(4,5)1(6)7/h2-4,6-11,14-19H,5,12-13,20-22H2,1H3,(H3-,28,29,30,32);2*(H,6,7)/p+1. The van der Waals surface area contributed by atoms with Crippen molar-refractivity contribution in [3.8, 4) is 0 Å². The molecule has 0 unspecified atom stereocenters. The Kier molecular flexibility index (Phi) is 16.4. The molecule has 0 radical (unpaired) electrons. The molecule has 1 amide bonds. The lowest BCUT2D eigenvalue weighted by molar-refractivity contribution is -0.193. The van der Waals surface area contributed by atoms with E-state index in [9.17, 15) is 31.1 Å². The maximum absolute atomic E-state index is 12.0. The van der Waals surface area contributed by atoms with E-state index >= 15 is 0 Å². The van der Waals surface area contributed by atoms with Gasteiger partial charge in [-0.2, -0.15) is 26.3 Å². The minimum absolute atomic E-state index is 0.104. The number of carbonyl (C=O) groups is 3. The summed E-state index contributed by atoms with van der Waals surface area (Å²) in [5, 5.41) is 28.8. The van der Waals surface area contributed by atoms with E-state index in [0.29, 0.717) is 6.54 Å². The highest BCUT2D eigenvalue weighted by molar-refractivity contribution is 7.95. The number of rotatable bonds is 11. The van der Waals surface area contributed by atoms with E-state index in [0.717, 1.165) is 25.4 Å². The number of hydrogen-bond acceptors (Lipinski definition) is 4. The van der Waals surface area contributed by atoms with Crippen molar-refractivity contribution in [1.82, 2.24) is 10.2 Å². The first-order valence-corrected chi connectivity index (χ1v) is 15.9. The molecule has 0 heterocycles. The second kappa shape index (κ2) is 19.1. The Morgan fingerprint density at radius 1 is 0.723 bits per heavy atom. The summed E-state index contributed by atoms with van der Waals surface area (Å²) in [6.07, 6.45) is -6.04. The zero-order chi connectivity index (χ0) is 35.7. The molecule has 6 N–H and O–H groups in total. The smallest absolute Gasteiger partial charge is 0.475 e. The number of carbonyl (C=O) groups excluding carboxylic acids is 1. The van der Waals surface area contributed by atoms with Gasteiger partial charge in [0, 0.05) is 13.6 Å². The molecule has 256 valence electrons. The average molecular weight is 690 g/mol. The molecule has 0 saturated heterocycles. The molecule has 0 aromatic heterocycles. The van der Waals surface area contributed by atoms with E-state index < -0.39 is 31.6 Å². The predicted octanol–water partition coefficient (Wildman–Crippen LogP) is 4.36. The number of nitrogens with one attached hydrogen (secondary N) is 2. The fraction of sp³-hybridized carbons (Fsp3) is 0.290. The number of alkyl halides is 6. The molecule has 0 aliphatic rings. The number of benzene rings is 3. The highest BCUT2D eigenvalue weighted by atomic mass is 31.2. The van der Waals surface area contributed by atoms with Gasteiger partial charge in [-0.3, -0.25) is 10.2 Å². The highest BCUT2D eigenvalue weighted by Gasteiger charge is 2.44. The number of nitrogens with zero attached hydrogens (tertiary/aromatic N) is 1. The van der Waals surface area contributed by atoms with Crippen LogP contribution in [0.3, 0.4) is 0 Å². The van der Waals surface area contributed by atoms with Crippen LogP contribution in [0.4, 0.5) is 26.3 Å². The zero-order valence-electron chi connectivity index (χ0n) is 25.3. The Balaban J connectivity index is 0.000000658. The molecule has 0 fully saturated rings. The third-order valence-corrected chi connectivity index (χ3v) is 10.9. The largest absolute Gasteiger partial charge is 0.490 e. The summed E-state index contributed by atoms with van der Waals surface area (Å²) < 4.78 is 63.5. The number of guanidine groups is 1. The molecule has 0 atom stereocenters. The Bertz CT molecular complexity index is 1290. The van der Waals surface area contributed by atoms with Gasteiger partial charge in [0.2, 0.25) is 5.91 Å². The van der Waals surface area contributed by atoms with Crippen molar-refractivity contribution in [2.75, 3.05) is 26.3 Å². The molecular formula is C31H36F6N4O5P+. The molecule has 0 saturated carbocycles. The monoisotopic (exact) mass is 689 g/mol. The SMILES string of the molecule is CN(CC(=O)NCCCCC[P+](c1ccccc1)(c1ccccc1)c1ccccc1)C(=N)N.O=C(O)C(F)(F)F.O=C(O)C(F)(F)F. The summed E-state index contributed by atoms with van der Waals surface area (Å²) in [7, 11) is -0.142. The molecule has 3 aromatic rings. The zero-order valence-corrected chi connectivity index (χ0v) is 26.2. The van der Waals surface area contributed by atoms with Crippen LogP contribution in [0.15, 0.2) is 91.0 Å². The Labute approximate surface area is 268 Å². The van der Waals surface area contributed by atoms with Crippen LogP contribution in [0.1, 0.15) is 19.3 Å². The Morgan fingerprint density at radius 2 is 1.06 bits per heavy atom. The molecule has 0 aliphatic heterocycles. The van der Waals surface area contributed by atoms with Gasteiger partial charge in [-0.15, -0.1) is 0 Å². The van der Waals surface area contributed by atoms with Crippen LogP contribution in [0.2, 0.25) is 0 Å². The summed E-state index contributed by atoms with van der Waals surface area (Å²) in [6.45, 7) is 0.748. The van der Waals surface area contributed by atoms with E-state index in [-0.39, 0.29) is 18.4 Å². The van der Waals surface area contributed by atoms with Crippen molar-refractivity contribution in [2.24, 2.45) is 5.73 Å². The van der Waals surface area contributed by atoms with Gasteiger partial charge < -0.3 is 26.2 Å². The third kappa shape index (κ3) is 14.1. The van der Waals surface area contributed by atoms with E-state index in [1.165, 1.54) is 20.8 Å². The van der Waals surface area contributed by atoms with Crippen LogP contribution in [0.25, 0.3) is 0 Å². The minimum Gasteiger partial charge on any atom is -0.475 e. The molecule has 0 bridgehead atoms. The lowest BCUT2D eigenvalue weighted by Gasteiger charge is -2.27. The first-order chi connectivity index (χ1) is 21.9. The van der Waals surface area contributed by atoms with Crippen LogP contribution in [0, 0.1) is 5.41 Å². The van der Waals surface area contributed by atoms with E-state index in [1.54, 1.807) is 7.05 Å². The predicted molar refractivity (Wildman–Crippen MR) is 169 cm³/mol. The van der Waals surface area contributed by atoms with Crippen molar-refractivity contribution >= 4 is 47.0 Å². The molecule has 47 heavy (non-hydrogen) atoms. The Morgan fingerprint density at radius 3 is 1.36 bits per heavy atom. The Hall–Kier alpha value is -4.65. The fourth-order valence-corrected chi connectivity index (χ4v) is 8.53. The van der Waals surface area contributed by atoms with Crippen LogP contribution < -0.4 is 27.0 Å². The number of amides is 1. The van der Waals surface area contributed by atoms with Crippen LogP contribution >= 0.6 is 7.26 Å². The molecule has 9 nitrogen and oxygen atoms in total. The van der Waals surface area contributed by atoms with Crippen molar-refractivity contribution in [1.29, 1.82) is 5.41 Å². The van der Waals surface area contributed by atoms with E-state index in [1.807, 2.05) is 0 Å². The first kappa shape index (κ1) is 40.4. The number of aliphatic carboxylic acids is 2. The van der Waals surface area contributed by atoms with Crippen LogP contribution in [-0.4, -0.2) is 77.6 Å². The van der Waals surface area contributed by atoms with Gasteiger partial charge >= 0.3 is 24.3 Å². The second-order valence-electron chi connectivity index (χ2n) is 9.80. The maximum Gasteiger partial charge on any atom is 0.490 e. The van der Waals surface area contributed by atoms with Gasteiger partial charge in [0.25, 0.3) is 0 Å². The highest BCUT2D eigenvalue weighted by Crippen LogP contribution is 2.55. The summed E-state index contributed by atoms with van der Waals surface area (Å²) in [5.41, 5.74) is 5.40. The van der Waals surface area contributed by atoms with Gasteiger partial charge in [-0.25, -0.2) is 9.59 Å². The number of likely N-dealkylation sites (N-methyl/N-ethyl adjacent to an activating group) is 1. The third-order valence-electron chi connectivity index (χ3n) is 6.36. The molecule has 0 aliphatic carbocycles. The topological polar surface area (TPSA) is 157 Å². The van der Waals surface area contributed by atoms with Crippen LogP contribution in [0.5, 0.6) is 0 Å². The van der Waals surface area contributed by atoms with Crippen molar-refractivity contribution in [3.05, 3.63) is 91.0 Å². The molecule has 3 aromatic carbocycles. The number of halogens is 6. The summed E-state index contributed by atoms with van der Waals surface area (Å²) in [6, 6.07) is 32.8. The number of hydrogen-bond donors (Lipinski definition) is 5. The number of nitrogens with two attached hydrogens (primary N) is 1. The van der Waals surface area contributed by atoms with Crippen molar-refractivity contribution < 1.29 is 50.9 Å². The summed E-state index contributed by atoms with van der Waals surface area (Å²) >= 11 is 0. The van der Waals surface area contributed by atoms with Crippen molar-refractivity contribution in [2.45, 2.75) is 31.6 Å². The normalized spacial score (nSPS) is 11.1. The van der Waals surface area contributed by atoms with Gasteiger partial charge in [-0.1, -0.05) is 54.6 Å². The van der Waals surface area contributed by atoms with Gasteiger partial charge in [0.05, 0.1) is 12.7 Å². The quantitative estimate of drug-likeness (QED) is 0.0659. The lowest BCUT2D eigenvalue weighted by atomic mass is 10.2. The van der Waals surface area contributed by atoms with Gasteiger partial charge in [-0.05, 0) is 55.7 Å². The number of carboxylic acids is 2. The first-order valence-electron chi connectivity index (χ1n) is 13.9. The van der Waals surface area contributed by atoms with Gasteiger partial charge in [0.1, 0.15) is 23.2 Å². The minimum atomic E-state index is -5.08. The average Bonchev–Trinajstić information content (AvgIpc) is 3.02. The molecule has 0 spiro atoms. The van der Waals surface area contributed by atoms with E-state index in [2.05, 4.69) is 96.3 Å². The second-order valence-corrected chi connectivity index (χ2v) is 13.4. The number of carboxylic acid groups (broad SMARTS) is 2. The molecule has 3 rings (SSSR count). The van der Waals surface area contributed by atoms with Gasteiger partial charge in [0.15, 0.2) is 5.96 Å². The van der Waals surface area contributed by atoms with Crippen molar-refractivity contribution in [3.63, 3.8) is 0 Å². The lowest BCUT2D eigenvalue weighted by Crippen LogP contribution is -2.41. The fourth-order valence-electron chi connectivity index (χ4n) is 4.12. The molecular weight excluding hydrogens is 653 g/mol.